The van der Waals surface area contributed by atoms with Gasteiger partial charge in [0.1, 0.15) is 11.6 Å². The molecule has 27 heavy (non-hydrogen) atoms. The number of aromatic nitrogens is 3. The van der Waals surface area contributed by atoms with E-state index in [4.69, 9.17) is 27.9 Å². The summed E-state index contributed by atoms with van der Waals surface area (Å²) in [5, 5.41) is 10.6. The molecule has 142 valence electrons. The monoisotopic (exact) mass is 425 g/mol. The zero-order valence-electron chi connectivity index (χ0n) is 14.8. The number of benzene rings is 2. The van der Waals surface area contributed by atoms with Crippen LogP contribution in [0.4, 0.5) is 4.39 Å². The van der Waals surface area contributed by atoms with Gasteiger partial charge in [0.05, 0.1) is 0 Å². The van der Waals surface area contributed by atoms with Crippen LogP contribution in [0.5, 0.6) is 5.75 Å². The molecule has 4 nitrogen and oxygen atoms in total. The lowest BCUT2D eigenvalue weighted by Gasteiger charge is -2.15. The summed E-state index contributed by atoms with van der Waals surface area (Å²) >= 11 is 14.0. The summed E-state index contributed by atoms with van der Waals surface area (Å²) in [5.74, 6) is 1.56. The van der Waals surface area contributed by atoms with Crippen molar-refractivity contribution in [2.75, 3.05) is 0 Å². The standard InChI is InChI=1S/C19H18Cl2FN3OS/c1-3-25-18(12(2)26-14-9-7-13(22)8-10-14)23-24-19(25)27-11-15-16(20)5-4-6-17(15)21/h4-10,12H,3,11H2,1-2H3. The molecule has 1 atom stereocenters. The van der Waals surface area contributed by atoms with Gasteiger partial charge in [0.25, 0.3) is 0 Å². The van der Waals surface area contributed by atoms with Gasteiger partial charge in [-0.3, -0.25) is 0 Å². The minimum Gasteiger partial charge on any atom is -0.483 e. The first-order valence-corrected chi connectivity index (χ1v) is 10.1. The Hall–Kier alpha value is -1.76. The average Bonchev–Trinajstić information content (AvgIpc) is 3.06. The van der Waals surface area contributed by atoms with Crippen molar-refractivity contribution in [1.29, 1.82) is 0 Å². The Balaban J connectivity index is 1.75. The molecular weight excluding hydrogens is 408 g/mol. The van der Waals surface area contributed by atoms with Gasteiger partial charge in [-0.25, -0.2) is 4.39 Å². The molecule has 0 spiro atoms. The smallest absolute Gasteiger partial charge is 0.191 e. The van der Waals surface area contributed by atoms with Crippen molar-refractivity contribution in [3.8, 4) is 5.75 Å². The van der Waals surface area contributed by atoms with E-state index < -0.39 is 0 Å². The van der Waals surface area contributed by atoms with Crippen LogP contribution in [0.3, 0.4) is 0 Å². The summed E-state index contributed by atoms with van der Waals surface area (Å²) in [6.45, 7) is 4.60. The van der Waals surface area contributed by atoms with E-state index in [1.165, 1.54) is 23.9 Å². The molecule has 0 aliphatic carbocycles. The van der Waals surface area contributed by atoms with Crippen LogP contribution in [-0.2, 0) is 12.3 Å². The molecule has 1 heterocycles. The zero-order valence-corrected chi connectivity index (χ0v) is 17.2. The fourth-order valence-corrected chi connectivity index (χ4v) is 4.33. The van der Waals surface area contributed by atoms with Crippen LogP contribution in [0.15, 0.2) is 47.6 Å². The van der Waals surface area contributed by atoms with Gasteiger partial charge < -0.3 is 9.30 Å². The summed E-state index contributed by atoms with van der Waals surface area (Å²) in [4.78, 5) is 0. The van der Waals surface area contributed by atoms with Gasteiger partial charge in [-0.2, -0.15) is 0 Å². The normalized spacial score (nSPS) is 12.2. The number of thioether (sulfide) groups is 1. The van der Waals surface area contributed by atoms with E-state index in [1.54, 1.807) is 12.1 Å². The highest BCUT2D eigenvalue weighted by atomic mass is 35.5. The third kappa shape index (κ3) is 4.75. The number of halogens is 3. The van der Waals surface area contributed by atoms with Crippen LogP contribution in [0.25, 0.3) is 0 Å². The topological polar surface area (TPSA) is 39.9 Å². The Morgan fingerprint density at radius 2 is 1.78 bits per heavy atom. The largest absolute Gasteiger partial charge is 0.483 e. The van der Waals surface area contributed by atoms with Gasteiger partial charge in [0, 0.05) is 22.3 Å². The van der Waals surface area contributed by atoms with Crippen molar-refractivity contribution < 1.29 is 9.13 Å². The van der Waals surface area contributed by atoms with Gasteiger partial charge in [0.15, 0.2) is 17.1 Å². The molecule has 3 rings (SSSR count). The molecule has 0 N–H and O–H groups in total. The molecule has 0 fully saturated rings. The highest BCUT2D eigenvalue weighted by Crippen LogP contribution is 2.32. The number of ether oxygens (including phenoxy) is 1. The third-order valence-electron chi connectivity index (χ3n) is 3.96. The van der Waals surface area contributed by atoms with E-state index in [1.807, 2.05) is 36.6 Å². The third-order valence-corrected chi connectivity index (χ3v) is 5.66. The molecule has 1 unspecified atom stereocenters. The lowest BCUT2D eigenvalue weighted by atomic mass is 10.2. The van der Waals surface area contributed by atoms with Gasteiger partial charge in [-0.1, -0.05) is 41.0 Å². The summed E-state index contributed by atoms with van der Waals surface area (Å²) in [6, 6.07) is 11.4. The van der Waals surface area contributed by atoms with E-state index >= 15 is 0 Å². The molecule has 8 heteroatoms. The molecule has 0 radical (unpaired) electrons. The van der Waals surface area contributed by atoms with Crippen molar-refractivity contribution in [2.45, 2.75) is 37.4 Å². The lowest BCUT2D eigenvalue weighted by Crippen LogP contribution is -2.12. The molecular formula is C19H18Cl2FN3OS. The van der Waals surface area contributed by atoms with Crippen molar-refractivity contribution in [3.05, 3.63) is 69.7 Å². The maximum atomic E-state index is 13.0. The molecule has 0 aliphatic rings. The lowest BCUT2D eigenvalue weighted by molar-refractivity contribution is 0.209. The second-order valence-electron chi connectivity index (χ2n) is 5.79. The zero-order chi connectivity index (χ0) is 19.4. The maximum absolute atomic E-state index is 13.0. The Kier molecular flexibility index (Phi) is 6.63. The van der Waals surface area contributed by atoms with Crippen molar-refractivity contribution in [2.24, 2.45) is 0 Å². The highest BCUT2D eigenvalue weighted by Gasteiger charge is 2.19. The van der Waals surface area contributed by atoms with Crippen LogP contribution in [-0.4, -0.2) is 14.8 Å². The van der Waals surface area contributed by atoms with Crippen LogP contribution in [0.2, 0.25) is 10.0 Å². The van der Waals surface area contributed by atoms with E-state index in [0.717, 1.165) is 10.7 Å². The van der Waals surface area contributed by atoms with Crippen LogP contribution >= 0.6 is 35.0 Å². The Morgan fingerprint density at radius 3 is 2.41 bits per heavy atom. The highest BCUT2D eigenvalue weighted by molar-refractivity contribution is 7.98. The molecule has 3 aromatic rings. The predicted molar refractivity (Wildman–Crippen MR) is 107 cm³/mol. The summed E-state index contributed by atoms with van der Waals surface area (Å²) in [5.41, 5.74) is 0.869. The summed E-state index contributed by atoms with van der Waals surface area (Å²) in [7, 11) is 0. The number of hydrogen-bond acceptors (Lipinski definition) is 4. The van der Waals surface area contributed by atoms with Crippen molar-refractivity contribution >= 4 is 35.0 Å². The van der Waals surface area contributed by atoms with Crippen LogP contribution in [0, 0.1) is 5.82 Å². The SMILES string of the molecule is CCn1c(SCc2c(Cl)cccc2Cl)nnc1C(C)Oc1ccc(F)cc1. The van der Waals surface area contributed by atoms with E-state index in [0.29, 0.717) is 33.9 Å². The summed E-state index contributed by atoms with van der Waals surface area (Å²) in [6.07, 6.45) is -0.332. The maximum Gasteiger partial charge on any atom is 0.191 e. The Labute approximate surface area is 171 Å². The van der Waals surface area contributed by atoms with Gasteiger partial charge in [0.2, 0.25) is 0 Å². The number of rotatable bonds is 7. The first-order valence-electron chi connectivity index (χ1n) is 8.40. The second kappa shape index (κ2) is 8.95. The number of nitrogens with zero attached hydrogens (tertiary/aromatic N) is 3. The van der Waals surface area contributed by atoms with Crippen molar-refractivity contribution in [1.82, 2.24) is 14.8 Å². The van der Waals surface area contributed by atoms with E-state index in [2.05, 4.69) is 10.2 Å². The average molecular weight is 426 g/mol. The predicted octanol–water partition coefficient (Wildman–Crippen LogP) is 6.18. The fourth-order valence-electron chi connectivity index (χ4n) is 2.58. The molecule has 2 aromatic carbocycles. The molecule has 0 saturated carbocycles. The van der Waals surface area contributed by atoms with E-state index in [-0.39, 0.29) is 11.9 Å². The molecule has 0 aliphatic heterocycles. The summed E-state index contributed by atoms with van der Waals surface area (Å²) < 4.78 is 20.9. The Morgan fingerprint density at radius 1 is 1.11 bits per heavy atom. The molecule has 0 bridgehead atoms. The Bertz CT molecular complexity index is 898. The molecule has 1 aromatic heterocycles. The fraction of sp³-hybridized carbons (Fsp3) is 0.263. The first kappa shape index (κ1) is 20.0. The van der Waals surface area contributed by atoms with Gasteiger partial charge in [-0.15, -0.1) is 10.2 Å². The van der Waals surface area contributed by atoms with Crippen LogP contribution < -0.4 is 4.74 Å². The van der Waals surface area contributed by atoms with Gasteiger partial charge in [-0.05, 0) is 55.8 Å². The van der Waals surface area contributed by atoms with Crippen molar-refractivity contribution in [3.63, 3.8) is 0 Å². The quantitative estimate of drug-likeness (QED) is 0.423. The first-order chi connectivity index (χ1) is 13.0. The number of hydrogen-bond donors (Lipinski definition) is 0. The van der Waals surface area contributed by atoms with E-state index in [9.17, 15) is 4.39 Å². The molecule has 0 amide bonds. The second-order valence-corrected chi connectivity index (χ2v) is 7.54. The van der Waals surface area contributed by atoms with Gasteiger partial charge >= 0.3 is 0 Å². The van der Waals surface area contributed by atoms with Crippen LogP contribution in [0.1, 0.15) is 31.3 Å². The minimum atomic E-state index is -0.332. The minimum absolute atomic E-state index is 0.302. The molecule has 0 saturated heterocycles.